The molecule has 0 spiro atoms. The number of nitrogens with zero attached hydrogens (tertiary/aromatic N) is 2. The molecular weight excluding hydrogens is 416 g/mol. The van der Waals surface area contributed by atoms with Gasteiger partial charge in [-0.15, -0.1) is 0 Å². The first-order chi connectivity index (χ1) is 13.8. The van der Waals surface area contributed by atoms with Crippen molar-refractivity contribution < 1.29 is 17.9 Å². The molecule has 29 heavy (non-hydrogen) atoms. The minimum Gasteiger partial charge on any atom is -0.467 e. The first-order valence-corrected chi connectivity index (χ1v) is 10.3. The molecule has 0 fully saturated rings. The Morgan fingerprint density at radius 2 is 1.86 bits per heavy atom. The fourth-order valence-corrected chi connectivity index (χ4v) is 3.64. The molecule has 8 nitrogen and oxygen atoms in total. The zero-order valence-corrected chi connectivity index (χ0v) is 16.9. The molecule has 1 aromatic heterocycles. The second kappa shape index (κ2) is 8.56. The molecule has 0 saturated carbocycles. The molecule has 2 aromatic carbocycles. The Bertz CT molecular complexity index is 1150. The highest BCUT2D eigenvalue weighted by Gasteiger charge is 2.18. The number of amides is 1. The van der Waals surface area contributed by atoms with Gasteiger partial charge >= 0.3 is 6.01 Å². The lowest BCUT2D eigenvalue weighted by Gasteiger charge is -2.12. The summed E-state index contributed by atoms with van der Waals surface area (Å²) in [5.74, 6) is -0.348. The van der Waals surface area contributed by atoms with Crippen LogP contribution in [0, 0.1) is 0 Å². The lowest BCUT2D eigenvalue weighted by molar-refractivity contribution is -0.115. The third kappa shape index (κ3) is 5.08. The Balaban J connectivity index is 1.89. The summed E-state index contributed by atoms with van der Waals surface area (Å²) in [6, 6.07) is 11.5. The molecule has 10 heteroatoms. The largest absolute Gasteiger partial charge is 0.467 e. The van der Waals surface area contributed by atoms with Crippen molar-refractivity contribution in [3.63, 3.8) is 0 Å². The number of carbonyl (C=O) groups is 1. The normalized spacial score (nSPS) is 11.1. The zero-order valence-electron chi connectivity index (χ0n) is 15.3. The van der Waals surface area contributed by atoms with Gasteiger partial charge in [0.15, 0.2) is 0 Å². The first kappa shape index (κ1) is 20.7. The van der Waals surface area contributed by atoms with Crippen LogP contribution in [0.5, 0.6) is 6.01 Å². The van der Waals surface area contributed by atoms with E-state index in [9.17, 15) is 13.2 Å². The first-order valence-electron chi connectivity index (χ1n) is 8.34. The maximum absolute atomic E-state index is 12.3. The fraction of sp³-hybridized carbons (Fsp3) is 0.105. The summed E-state index contributed by atoms with van der Waals surface area (Å²) in [5, 5.41) is 8.50. The molecule has 0 aliphatic carbocycles. The highest BCUT2D eigenvalue weighted by molar-refractivity contribution is 7.89. The molecule has 3 N–H and O–H groups in total. The van der Waals surface area contributed by atoms with Gasteiger partial charge in [0.05, 0.1) is 18.4 Å². The van der Waals surface area contributed by atoms with Crippen LogP contribution >= 0.6 is 11.6 Å². The van der Waals surface area contributed by atoms with Gasteiger partial charge < -0.3 is 10.1 Å². The topological polar surface area (TPSA) is 124 Å². The van der Waals surface area contributed by atoms with Crippen LogP contribution in [0.4, 0.5) is 5.69 Å². The monoisotopic (exact) mass is 432 g/mol. The highest BCUT2D eigenvalue weighted by atomic mass is 35.5. The van der Waals surface area contributed by atoms with Crippen LogP contribution in [-0.2, 0) is 21.2 Å². The van der Waals surface area contributed by atoms with Crippen LogP contribution in [-0.4, -0.2) is 31.4 Å². The van der Waals surface area contributed by atoms with Gasteiger partial charge in [0.1, 0.15) is 0 Å². The number of aromatic nitrogens is 2. The summed E-state index contributed by atoms with van der Waals surface area (Å²) in [4.78, 5) is 20.1. The number of ether oxygens (including phenoxy) is 1. The lowest BCUT2D eigenvalue weighted by atomic mass is 10.1. The van der Waals surface area contributed by atoms with Gasteiger partial charge in [0, 0.05) is 34.2 Å². The van der Waals surface area contributed by atoms with Gasteiger partial charge in [0.2, 0.25) is 15.9 Å². The van der Waals surface area contributed by atoms with Crippen molar-refractivity contribution in [2.45, 2.75) is 11.3 Å². The van der Waals surface area contributed by atoms with Crippen molar-refractivity contribution in [2.75, 3.05) is 12.4 Å². The van der Waals surface area contributed by atoms with E-state index in [1.807, 2.05) is 0 Å². The van der Waals surface area contributed by atoms with Crippen molar-refractivity contribution in [1.29, 1.82) is 0 Å². The highest BCUT2D eigenvalue weighted by Crippen LogP contribution is 2.29. The number of anilines is 1. The Morgan fingerprint density at radius 3 is 2.48 bits per heavy atom. The number of benzene rings is 2. The summed E-state index contributed by atoms with van der Waals surface area (Å²) in [5.41, 5.74) is 1.68. The molecule has 3 rings (SSSR count). The van der Waals surface area contributed by atoms with Crippen LogP contribution in [0.3, 0.4) is 0 Å². The third-order valence-electron chi connectivity index (χ3n) is 4.00. The number of hydrogen-bond donors (Lipinski definition) is 2. The number of methoxy groups -OCH3 is 1. The molecule has 0 aliphatic heterocycles. The van der Waals surface area contributed by atoms with E-state index in [1.165, 1.54) is 31.6 Å². The molecule has 0 unspecified atom stereocenters. The Kier molecular flexibility index (Phi) is 6.12. The van der Waals surface area contributed by atoms with Crippen molar-refractivity contribution in [2.24, 2.45) is 5.14 Å². The van der Waals surface area contributed by atoms with Gasteiger partial charge in [-0.2, -0.15) is 0 Å². The predicted octanol–water partition coefficient (Wildman–Crippen LogP) is 2.63. The molecule has 0 saturated heterocycles. The second-order valence-electron chi connectivity index (χ2n) is 6.03. The number of halogens is 1. The average Bonchev–Trinajstić information content (AvgIpc) is 2.69. The predicted molar refractivity (Wildman–Crippen MR) is 109 cm³/mol. The maximum Gasteiger partial charge on any atom is 0.316 e. The minimum absolute atomic E-state index is 0.0401. The number of primary sulfonamides is 1. The van der Waals surface area contributed by atoms with Crippen LogP contribution in [0.25, 0.3) is 11.1 Å². The van der Waals surface area contributed by atoms with Gasteiger partial charge in [-0.3, -0.25) is 4.79 Å². The quantitative estimate of drug-likeness (QED) is 0.617. The molecule has 0 bridgehead atoms. The molecular formula is C19H17ClN4O4S. The van der Waals surface area contributed by atoms with Gasteiger partial charge in [-0.25, -0.2) is 23.5 Å². The third-order valence-corrected chi connectivity index (χ3v) is 5.32. The molecule has 1 heterocycles. The smallest absolute Gasteiger partial charge is 0.316 e. The number of hydrogen-bond acceptors (Lipinski definition) is 6. The molecule has 0 aliphatic rings. The molecule has 0 atom stereocenters. The molecule has 3 aromatic rings. The van der Waals surface area contributed by atoms with E-state index in [4.69, 9.17) is 21.5 Å². The molecule has 150 valence electrons. The summed E-state index contributed by atoms with van der Waals surface area (Å²) >= 11 is 6.07. The van der Waals surface area contributed by atoms with Crippen molar-refractivity contribution in [3.8, 4) is 17.1 Å². The maximum atomic E-state index is 12.3. The number of rotatable bonds is 6. The Labute approximate surface area is 172 Å². The van der Waals surface area contributed by atoms with E-state index in [1.54, 1.807) is 30.3 Å². The SMILES string of the molecule is COc1ncc(-c2ccc(NC(=O)Cc3ccccc3Cl)cc2S(N)(=O)=O)cn1. The van der Waals surface area contributed by atoms with E-state index in [2.05, 4.69) is 15.3 Å². The van der Waals surface area contributed by atoms with Gasteiger partial charge in [-0.1, -0.05) is 35.9 Å². The number of sulfonamides is 1. The van der Waals surface area contributed by atoms with Gasteiger partial charge in [0.25, 0.3) is 0 Å². The van der Waals surface area contributed by atoms with E-state index < -0.39 is 10.0 Å². The second-order valence-corrected chi connectivity index (χ2v) is 7.97. The lowest BCUT2D eigenvalue weighted by Crippen LogP contribution is -2.17. The molecule has 0 radical (unpaired) electrons. The van der Waals surface area contributed by atoms with E-state index in [0.29, 0.717) is 21.7 Å². The minimum atomic E-state index is -4.08. The Hall–Kier alpha value is -3.01. The molecule has 1 amide bonds. The summed E-state index contributed by atoms with van der Waals surface area (Å²) in [6.07, 6.45) is 2.88. The van der Waals surface area contributed by atoms with E-state index >= 15 is 0 Å². The van der Waals surface area contributed by atoms with Crippen molar-refractivity contribution in [1.82, 2.24) is 9.97 Å². The van der Waals surface area contributed by atoms with Crippen LogP contribution < -0.4 is 15.2 Å². The van der Waals surface area contributed by atoms with Crippen LogP contribution in [0.1, 0.15) is 5.56 Å². The summed E-state index contributed by atoms with van der Waals surface area (Å²) in [6.45, 7) is 0. The fourth-order valence-electron chi connectivity index (χ4n) is 2.65. The summed E-state index contributed by atoms with van der Waals surface area (Å²) < 4.78 is 29.1. The average molecular weight is 433 g/mol. The summed E-state index contributed by atoms with van der Waals surface area (Å²) in [7, 11) is -2.66. The standard InChI is InChI=1S/C19H17ClN4O4S/c1-28-19-22-10-13(11-23-19)15-7-6-14(9-17(15)29(21,26)27)24-18(25)8-12-4-2-3-5-16(12)20/h2-7,9-11H,8H2,1H3,(H,24,25)(H2,21,26,27). The number of nitrogens with two attached hydrogens (primary N) is 1. The zero-order chi connectivity index (χ0) is 21.0. The number of carbonyl (C=O) groups excluding carboxylic acids is 1. The van der Waals surface area contributed by atoms with Gasteiger partial charge in [-0.05, 0) is 23.8 Å². The van der Waals surface area contributed by atoms with Crippen molar-refractivity contribution in [3.05, 3.63) is 65.4 Å². The van der Waals surface area contributed by atoms with E-state index in [-0.39, 0.29) is 28.9 Å². The van der Waals surface area contributed by atoms with Crippen molar-refractivity contribution >= 4 is 33.2 Å². The van der Waals surface area contributed by atoms with E-state index in [0.717, 1.165) is 0 Å². The van der Waals surface area contributed by atoms with Crippen LogP contribution in [0.15, 0.2) is 59.8 Å². The van der Waals surface area contributed by atoms with Crippen LogP contribution in [0.2, 0.25) is 5.02 Å². The number of nitrogens with one attached hydrogen (secondary N) is 1. The Morgan fingerprint density at radius 1 is 1.17 bits per heavy atom.